The van der Waals surface area contributed by atoms with Crippen molar-refractivity contribution >= 4 is 23.2 Å². The number of benzene rings is 1. The SMILES string of the molecule is COCc1cc(Cl)nc(-c2ccc(OC)c(OC)c2Cl)n1. The number of methoxy groups -OCH3 is 3. The lowest BCUT2D eigenvalue weighted by atomic mass is 10.1. The molecule has 7 heteroatoms. The molecule has 0 aliphatic carbocycles. The summed E-state index contributed by atoms with van der Waals surface area (Å²) in [5.41, 5.74) is 1.27. The van der Waals surface area contributed by atoms with Crippen molar-refractivity contribution in [1.82, 2.24) is 9.97 Å². The van der Waals surface area contributed by atoms with Crippen molar-refractivity contribution in [3.8, 4) is 22.9 Å². The molecule has 112 valence electrons. The van der Waals surface area contributed by atoms with Crippen molar-refractivity contribution in [2.45, 2.75) is 6.61 Å². The Morgan fingerprint density at radius 2 is 1.81 bits per heavy atom. The van der Waals surface area contributed by atoms with Crippen molar-refractivity contribution in [2.24, 2.45) is 0 Å². The zero-order chi connectivity index (χ0) is 15.4. The van der Waals surface area contributed by atoms with Crippen LogP contribution in [-0.2, 0) is 11.3 Å². The Kier molecular flexibility index (Phi) is 5.22. The van der Waals surface area contributed by atoms with Crippen molar-refractivity contribution in [2.75, 3.05) is 21.3 Å². The predicted octanol–water partition coefficient (Wildman–Crippen LogP) is 3.61. The Labute approximate surface area is 132 Å². The van der Waals surface area contributed by atoms with Gasteiger partial charge in [-0.3, -0.25) is 0 Å². The smallest absolute Gasteiger partial charge is 0.180 e. The Balaban J connectivity index is 2.56. The molecule has 0 radical (unpaired) electrons. The van der Waals surface area contributed by atoms with Gasteiger partial charge in [0.2, 0.25) is 0 Å². The first kappa shape index (κ1) is 15.8. The molecule has 5 nitrogen and oxygen atoms in total. The van der Waals surface area contributed by atoms with Gasteiger partial charge in [0, 0.05) is 12.7 Å². The highest BCUT2D eigenvalue weighted by atomic mass is 35.5. The lowest BCUT2D eigenvalue weighted by molar-refractivity contribution is 0.181. The molecule has 0 unspecified atom stereocenters. The summed E-state index contributed by atoms with van der Waals surface area (Å²) in [4.78, 5) is 8.58. The van der Waals surface area contributed by atoms with Gasteiger partial charge < -0.3 is 14.2 Å². The van der Waals surface area contributed by atoms with E-state index in [-0.39, 0.29) is 0 Å². The van der Waals surface area contributed by atoms with Gasteiger partial charge in [0.25, 0.3) is 0 Å². The van der Waals surface area contributed by atoms with Gasteiger partial charge in [0.15, 0.2) is 17.3 Å². The molecule has 21 heavy (non-hydrogen) atoms. The Bertz CT molecular complexity index is 650. The molecular weight excluding hydrogens is 315 g/mol. The summed E-state index contributed by atoms with van der Waals surface area (Å²) in [7, 11) is 4.64. The molecule has 0 bridgehead atoms. The van der Waals surface area contributed by atoms with Gasteiger partial charge in [0.05, 0.1) is 31.5 Å². The summed E-state index contributed by atoms with van der Waals surface area (Å²) in [5.74, 6) is 1.36. The Morgan fingerprint density at radius 1 is 1.05 bits per heavy atom. The molecule has 0 aliphatic heterocycles. The quantitative estimate of drug-likeness (QED) is 0.784. The van der Waals surface area contributed by atoms with Crippen molar-refractivity contribution < 1.29 is 14.2 Å². The van der Waals surface area contributed by atoms with E-state index in [9.17, 15) is 0 Å². The fourth-order valence-corrected chi connectivity index (χ4v) is 2.39. The summed E-state index contributed by atoms with van der Waals surface area (Å²) in [5, 5.41) is 0.681. The monoisotopic (exact) mass is 328 g/mol. The lowest BCUT2D eigenvalue weighted by Gasteiger charge is -2.12. The third-order valence-electron chi connectivity index (χ3n) is 2.77. The maximum absolute atomic E-state index is 6.35. The van der Waals surface area contributed by atoms with Crippen LogP contribution in [0.4, 0.5) is 0 Å². The van der Waals surface area contributed by atoms with Crippen LogP contribution < -0.4 is 9.47 Å². The van der Waals surface area contributed by atoms with Crippen molar-refractivity contribution in [3.63, 3.8) is 0 Å². The largest absolute Gasteiger partial charge is 0.493 e. The van der Waals surface area contributed by atoms with Gasteiger partial charge in [0.1, 0.15) is 5.15 Å². The predicted molar refractivity (Wildman–Crippen MR) is 81.3 cm³/mol. The molecule has 0 amide bonds. The van der Waals surface area contributed by atoms with E-state index in [1.807, 2.05) is 0 Å². The van der Waals surface area contributed by atoms with Crippen LogP contribution in [0.3, 0.4) is 0 Å². The van der Waals surface area contributed by atoms with E-state index in [0.29, 0.717) is 45.4 Å². The topological polar surface area (TPSA) is 53.5 Å². The van der Waals surface area contributed by atoms with E-state index >= 15 is 0 Å². The second-order valence-corrected chi connectivity index (χ2v) is 4.87. The average Bonchev–Trinajstić information content (AvgIpc) is 2.46. The average molecular weight is 329 g/mol. The van der Waals surface area contributed by atoms with Crippen LogP contribution >= 0.6 is 23.2 Å². The minimum absolute atomic E-state index is 0.318. The Hall–Kier alpha value is -1.56. The molecule has 0 saturated heterocycles. The van der Waals surface area contributed by atoms with Crippen LogP contribution in [0.5, 0.6) is 11.5 Å². The fraction of sp³-hybridized carbons (Fsp3) is 0.286. The molecule has 2 rings (SSSR count). The van der Waals surface area contributed by atoms with E-state index in [2.05, 4.69) is 9.97 Å². The molecule has 1 aromatic heterocycles. The van der Waals surface area contributed by atoms with Gasteiger partial charge in [-0.2, -0.15) is 0 Å². The van der Waals surface area contributed by atoms with Crippen molar-refractivity contribution in [3.05, 3.63) is 34.1 Å². The first-order valence-corrected chi connectivity index (χ1v) is 6.79. The lowest BCUT2D eigenvalue weighted by Crippen LogP contribution is -1.99. The molecule has 1 aromatic carbocycles. The zero-order valence-electron chi connectivity index (χ0n) is 11.8. The molecule has 0 atom stereocenters. The summed E-state index contributed by atoms with van der Waals surface area (Å²) in [6, 6.07) is 5.13. The van der Waals surface area contributed by atoms with Gasteiger partial charge in [-0.1, -0.05) is 23.2 Å². The van der Waals surface area contributed by atoms with Crippen LogP contribution in [-0.4, -0.2) is 31.3 Å². The number of rotatable bonds is 5. The number of nitrogens with zero attached hydrogens (tertiary/aromatic N) is 2. The molecule has 0 saturated carbocycles. The molecule has 0 aliphatic rings. The fourth-order valence-electron chi connectivity index (χ4n) is 1.87. The standard InChI is InChI=1S/C14H14Cl2N2O3/c1-19-7-8-6-11(15)18-14(17-8)9-4-5-10(20-2)13(21-3)12(9)16/h4-6H,7H2,1-3H3. The van der Waals surface area contributed by atoms with Gasteiger partial charge in [-0.05, 0) is 18.2 Å². The van der Waals surface area contributed by atoms with Gasteiger partial charge >= 0.3 is 0 Å². The first-order chi connectivity index (χ1) is 10.1. The number of hydrogen-bond acceptors (Lipinski definition) is 5. The maximum Gasteiger partial charge on any atom is 0.180 e. The minimum atomic E-state index is 0.318. The van der Waals surface area contributed by atoms with Gasteiger partial charge in [-0.15, -0.1) is 0 Å². The second-order valence-electron chi connectivity index (χ2n) is 4.10. The molecule has 0 N–H and O–H groups in total. The third-order valence-corrected chi connectivity index (χ3v) is 3.33. The molecular formula is C14H14Cl2N2O3. The van der Waals surface area contributed by atoms with Gasteiger partial charge in [-0.25, -0.2) is 9.97 Å². The van der Waals surface area contributed by atoms with Crippen LogP contribution in [0.2, 0.25) is 10.2 Å². The first-order valence-electron chi connectivity index (χ1n) is 6.04. The maximum atomic E-state index is 6.35. The zero-order valence-corrected chi connectivity index (χ0v) is 13.3. The number of ether oxygens (including phenoxy) is 3. The van der Waals surface area contributed by atoms with E-state index in [4.69, 9.17) is 37.4 Å². The third kappa shape index (κ3) is 3.37. The normalized spacial score (nSPS) is 10.5. The van der Waals surface area contributed by atoms with E-state index in [1.165, 1.54) is 7.11 Å². The highest BCUT2D eigenvalue weighted by Crippen LogP contribution is 2.40. The summed E-state index contributed by atoms with van der Waals surface area (Å²) < 4.78 is 15.5. The highest BCUT2D eigenvalue weighted by molar-refractivity contribution is 6.35. The van der Waals surface area contributed by atoms with E-state index in [0.717, 1.165) is 0 Å². The molecule has 0 fully saturated rings. The van der Waals surface area contributed by atoms with E-state index < -0.39 is 0 Å². The Morgan fingerprint density at radius 3 is 2.43 bits per heavy atom. The molecule has 2 aromatic rings. The summed E-state index contributed by atoms with van der Waals surface area (Å²) in [6.45, 7) is 0.333. The second kappa shape index (κ2) is 6.93. The van der Waals surface area contributed by atoms with Crippen LogP contribution in [0.25, 0.3) is 11.4 Å². The number of halogens is 2. The van der Waals surface area contributed by atoms with Crippen LogP contribution in [0.15, 0.2) is 18.2 Å². The van der Waals surface area contributed by atoms with Crippen LogP contribution in [0, 0.1) is 0 Å². The van der Waals surface area contributed by atoms with Crippen LogP contribution in [0.1, 0.15) is 5.69 Å². The van der Waals surface area contributed by atoms with E-state index in [1.54, 1.807) is 32.4 Å². The summed E-state index contributed by atoms with van der Waals surface area (Å²) in [6.07, 6.45) is 0. The minimum Gasteiger partial charge on any atom is -0.493 e. The van der Waals surface area contributed by atoms with Crippen molar-refractivity contribution in [1.29, 1.82) is 0 Å². The number of aromatic nitrogens is 2. The number of hydrogen-bond donors (Lipinski definition) is 0. The molecule has 0 spiro atoms. The summed E-state index contributed by atoms with van der Waals surface area (Å²) >= 11 is 12.4. The molecule has 1 heterocycles. The highest BCUT2D eigenvalue weighted by Gasteiger charge is 2.17.